The van der Waals surface area contributed by atoms with Crippen LogP contribution >= 0.6 is 0 Å². The minimum atomic E-state index is -0.801. The maximum Gasteiger partial charge on any atom is 0.306 e. The van der Waals surface area contributed by atoms with Gasteiger partial charge < -0.3 is 14.2 Å². The molecule has 0 spiro atoms. The molecule has 0 bridgehead atoms. The van der Waals surface area contributed by atoms with Gasteiger partial charge in [-0.1, -0.05) is 259 Å². The van der Waals surface area contributed by atoms with E-state index in [0.29, 0.717) is 19.3 Å². The molecule has 398 valence electrons. The van der Waals surface area contributed by atoms with Crippen molar-refractivity contribution in [3.63, 3.8) is 0 Å². The number of carbonyl (C=O) groups is 3. The summed E-state index contributed by atoms with van der Waals surface area (Å²) in [5.41, 5.74) is 0. The van der Waals surface area contributed by atoms with E-state index in [1.165, 1.54) is 128 Å². The number of rotatable bonds is 51. The standard InChI is InChI=1S/C64H106O6/c1-4-7-10-13-16-19-22-25-28-30-32-34-36-39-42-45-48-51-54-57-63(66)69-60-61(59-68-62(65)56-53-50-47-44-41-38-35-27-24-21-18-15-12-9-6-3)70-64(67)58-55-52-49-46-43-40-37-33-31-29-26-23-20-17-14-11-8-5-2/h11,14,16-27,29,31,33,37,61H,4-10,12-13,15,28,30,32,34-36,38-60H2,1-3H3/b14-11-,19-16-,20-17-,21-18-,25-22-,26-23-,27-24-,31-29-,37-33-. The molecule has 0 aromatic rings. The first-order valence-electron chi connectivity index (χ1n) is 29.0. The number of hydrogen-bond acceptors (Lipinski definition) is 6. The number of unbranched alkanes of at least 4 members (excludes halogenated alkanes) is 28. The van der Waals surface area contributed by atoms with E-state index < -0.39 is 6.10 Å². The summed E-state index contributed by atoms with van der Waals surface area (Å²) in [7, 11) is 0. The average molecular weight is 972 g/mol. The normalized spacial score (nSPS) is 12.9. The van der Waals surface area contributed by atoms with Crippen LogP contribution < -0.4 is 0 Å². The molecule has 0 N–H and O–H groups in total. The molecule has 6 heteroatoms. The van der Waals surface area contributed by atoms with Crippen LogP contribution in [0.5, 0.6) is 0 Å². The van der Waals surface area contributed by atoms with Gasteiger partial charge in [0.15, 0.2) is 6.10 Å². The Kier molecular flexibility index (Phi) is 54.4. The summed E-state index contributed by atoms with van der Waals surface area (Å²) in [6.45, 7) is 6.47. The van der Waals surface area contributed by atoms with Crippen LogP contribution in [0.4, 0.5) is 0 Å². The third kappa shape index (κ3) is 55.0. The smallest absolute Gasteiger partial charge is 0.306 e. The molecule has 6 nitrogen and oxygen atoms in total. The highest BCUT2D eigenvalue weighted by atomic mass is 16.6. The van der Waals surface area contributed by atoms with Crippen LogP contribution in [-0.4, -0.2) is 37.2 Å². The minimum absolute atomic E-state index is 0.0957. The SMILES string of the molecule is CCC\C=C/C=C\C=C/C=C\C=C/CCCCCCCC(=O)OC(COC(=O)CCCCCCCC/C=C\C=C/CCCCC)COC(=O)CCCCCCCCCCCC/C=C\C=C/CCCCC. The topological polar surface area (TPSA) is 78.9 Å². The Morgan fingerprint density at radius 2 is 0.543 bits per heavy atom. The van der Waals surface area contributed by atoms with Crippen molar-refractivity contribution in [1.29, 1.82) is 0 Å². The quantitative estimate of drug-likeness (QED) is 0.0262. The van der Waals surface area contributed by atoms with Gasteiger partial charge in [0, 0.05) is 19.3 Å². The lowest BCUT2D eigenvalue weighted by molar-refractivity contribution is -0.167. The molecule has 0 heterocycles. The van der Waals surface area contributed by atoms with Crippen LogP contribution in [0.2, 0.25) is 0 Å². The Morgan fingerprint density at radius 1 is 0.286 bits per heavy atom. The number of allylic oxidation sites excluding steroid dienone is 18. The first-order valence-corrected chi connectivity index (χ1v) is 29.0. The highest BCUT2D eigenvalue weighted by Crippen LogP contribution is 2.15. The van der Waals surface area contributed by atoms with Gasteiger partial charge >= 0.3 is 17.9 Å². The van der Waals surface area contributed by atoms with Crippen LogP contribution in [0.15, 0.2) is 109 Å². The molecule has 1 unspecified atom stereocenters. The van der Waals surface area contributed by atoms with Gasteiger partial charge in [0.1, 0.15) is 13.2 Å². The zero-order valence-electron chi connectivity index (χ0n) is 45.5. The van der Waals surface area contributed by atoms with Gasteiger partial charge in [-0.2, -0.15) is 0 Å². The van der Waals surface area contributed by atoms with E-state index in [1.54, 1.807) is 0 Å². The van der Waals surface area contributed by atoms with Crippen LogP contribution in [0.1, 0.15) is 258 Å². The van der Waals surface area contributed by atoms with Crippen molar-refractivity contribution in [2.45, 2.75) is 264 Å². The zero-order chi connectivity index (χ0) is 50.7. The first kappa shape index (κ1) is 66.1. The van der Waals surface area contributed by atoms with E-state index in [0.717, 1.165) is 89.9 Å². The van der Waals surface area contributed by atoms with Gasteiger partial charge in [-0.05, 0) is 89.9 Å². The number of ether oxygens (including phenoxy) is 3. The average Bonchev–Trinajstić information content (AvgIpc) is 3.36. The molecule has 0 amide bonds. The van der Waals surface area contributed by atoms with E-state index in [9.17, 15) is 14.4 Å². The fourth-order valence-electron chi connectivity index (χ4n) is 7.75. The molecule has 1 atom stereocenters. The van der Waals surface area contributed by atoms with Gasteiger partial charge in [0.2, 0.25) is 0 Å². The monoisotopic (exact) mass is 971 g/mol. The minimum Gasteiger partial charge on any atom is -0.462 e. The van der Waals surface area contributed by atoms with E-state index >= 15 is 0 Å². The third-order valence-electron chi connectivity index (χ3n) is 12.1. The summed E-state index contributed by atoms with van der Waals surface area (Å²) in [6.07, 6.45) is 77.8. The Bertz CT molecular complexity index is 1440. The van der Waals surface area contributed by atoms with Crippen LogP contribution in [-0.2, 0) is 28.6 Å². The lowest BCUT2D eigenvalue weighted by Gasteiger charge is -2.18. The predicted molar refractivity (Wildman–Crippen MR) is 302 cm³/mol. The van der Waals surface area contributed by atoms with Crippen molar-refractivity contribution < 1.29 is 28.6 Å². The van der Waals surface area contributed by atoms with E-state index in [1.807, 2.05) is 24.3 Å². The Morgan fingerprint density at radius 3 is 0.871 bits per heavy atom. The highest BCUT2D eigenvalue weighted by molar-refractivity contribution is 5.71. The second-order valence-electron chi connectivity index (χ2n) is 19.0. The van der Waals surface area contributed by atoms with Crippen molar-refractivity contribution in [3.8, 4) is 0 Å². The van der Waals surface area contributed by atoms with Gasteiger partial charge in [-0.15, -0.1) is 0 Å². The van der Waals surface area contributed by atoms with Crippen molar-refractivity contribution >= 4 is 17.9 Å². The summed E-state index contributed by atoms with van der Waals surface area (Å²) >= 11 is 0. The Hall–Kier alpha value is -3.93. The van der Waals surface area contributed by atoms with Crippen molar-refractivity contribution in [2.24, 2.45) is 0 Å². The molecule has 0 rings (SSSR count). The zero-order valence-corrected chi connectivity index (χ0v) is 45.5. The summed E-state index contributed by atoms with van der Waals surface area (Å²) < 4.78 is 16.9. The molecular formula is C64H106O6. The predicted octanol–water partition coefficient (Wildman–Crippen LogP) is 19.5. The molecule has 70 heavy (non-hydrogen) atoms. The summed E-state index contributed by atoms with van der Waals surface area (Å²) in [6, 6.07) is 0. The van der Waals surface area contributed by atoms with Gasteiger partial charge in [-0.25, -0.2) is 0 Å². The summed E-state index contributed by atoms with van der Waals surface area (Å²) in [4.78, 5) is 38.2. The fourth-order valence-corrected chi connectivity index (χ4v) is 7.75. The fraction of sp³-hybridized carbons (Fsp3) is 0.672. The lowest BCUT2D eigenvalue weighted by atomic mass is 10.1. The Balaban J connectivity index is 4.47. The van der Waals surface area contributed by atoms with Crippen LogP contribution in [0.3, 0.4) is 0 Å². The Labute approximate surface area is 431 Å². The highest BCUT2D eigenvalue weighted by Gasteiger charge is 2.19. The molecule has 0 aromatic heterocycles. The molecule has 0 aliphatic carbocycles. The molecule has 0 fully saturated rings. The van der Waals surface area contributed by atoms with Crippen molar-refractivity contribution in [1.82, 2.24) is 0 Å². The van der Waals surface area contributed by atoms with Gasteiger partial charge in [0.25, 0.3) is 0 Å². The van der Waals surface area contributed by atoms with E-state index in [4.69, 9.17) is 14.2 Å². The van der Waals surface area contributed by atoms with Crippen LogP contribution in [0.25, 0.3) is 0 Å². The van der Waals surface area contributed by atoms with Crippen molar-refractivity contribution in [3.05, 3.63) is 109 Å². The first-order chi connectivity index (χ1) is 34.5. The molecule has 0 aromatic carbocycles. The largest absolute Gasteiger partial charge is 0.462 e. The summed E-state index contributed by atoms with van der Waals surface area (Å²) in [5, 5.41) is 0. The van der Waals surface area contributed by atoms with E-state index in [2.05, 4.69) is 106 Å². The van der Waals surface area contributed by atoms with Gasteiger partial charge in [-0.3, -0.25) is 14.4 Å². The molecule has 0 aliphatic rings. The molecule has 0 saturated carbocycles. The number of hydrogen-bond donors (Lipinski definition) is 0. The third-order valence-corrected chi connectivity index (χ3v) is 12.1. The second kappa shape index (κ2) is 57.6. The van der Waals surface area contributed by atoms with Crippen LogP contribution in [0, 0.1) is 0 Å². The second-order valence-corrected chi connectivity index (χ2v) is 19.0. The number of carbonyl (C=O) groups excluding carboxylic acids is 3. The maximum atomic E-state index is 12.9. The molecule has 0 aliphatic heterocycles. The summed E-state index contributed by atoms with van der Waals surface area (Å²) in [5.74, 6) is -0.934. The van der Waals surface area contributed by atoms with Gasteiger partial charge in [0.05, 0.1) is 0 Å². The lowest BCUT2D eigenvalue weighted by Crippen LogP contribution is -2.30. The molecule has 0 radical (unpaired) electrons. The van der Waals surface area contributed by atoms with E-state index in [-0.39, 0.29) is 31.1 Å². The maximum absolute atomic E-state index is 12.9. The molecular weight excluding hydrogens is 865 g/mol. The molecule has 0 saturated heterocycles. The van der Waals surface area contributed by atoms with Crippen molar-refractivity contribution in [2.75, 3.05) is 13.2 Å². The number of esters is 3.